The molecule has 0 aromatic carbocycles. The number of hydrogen-bond acceptors (Lipinski definition) is 3. The van der Waals surface area contributed by atoms with Crippen molar-refractivity contribution in [1.29, 1.82) is 0 Å². The lowest BCUT2D eigenvalue weighted by molar-refractivity contribution is 0.112. The van der Waals surface area contributed by atoms with Gasteiger partial charge in [-0.15, -0.1) is 0 Å². The van der Waals surface area contributed by atoms with E-state index in [0.29, 0.717) is 17.7 Å². The molecule has 1 aliphatic carbocycles. The van der Waals surface area contributed by atoms with Crippen molar-refractivity contribution in [3.05, 3.63) is 62.9 Å². The molecular formula is C18H16ClN3O2. The van der Waals surface area contributed by atoms with Gasteiger partial charge < -0.3 is 4.40 Å². The van der Waals surface area contributed by atoms with Crippen molar-refractivity contribution in [3.8, 4) is 5.82 Å². The van der Waals surface area contributed by atoms with E-state index >= 15 is 0 Å². The second-order valence-electron chi connectivity index (χ2n) is 6.34. The van der Waals surface area contributed by atoms with Crippen LogP contribution in [0, 0.1) is 5.92 Å². The Morgan fingerprint density at radius 3 is 3.00 bits per heavy atom. The fraction of sp³-hybridized carbons (Fsp3) is 0.278. The molecule has 24 heavy (non-hydrogen) atoms. The van der Waals surface area contributed by atoms with Crippen molar-refractivity contribution in [2.24, 2.45) is 5.92 Å². The Morgan fingerprint density at radius 2 is 2.21 bits per heavy atom. The van der Waals surface area contributed by atoms with Crippen molar-refractivity contribution >= 4 is 23.4 Å². The standard InChI is InChI=1S/C18H16ClN3O2/c1-11-2-3-15-12(8-11)9-16-18(24)22(7-6-21(15)16)17-13(10-23)14(19)4-5-20-17/h4-7,9-11H,2-3,8H2,1H3. The zero-order chi connectivity index (χ0) is 16.8. The third-order valence-corrected chi connectivity index (χ3v) is 5.07. The van der Waals surface area contributed by atoms with Crippen LogP contribution in [0.1, 0.15) is 35.0 Å². The van der Waals surface area contributed by atoms with Gasteiger partial charge in [0.1, 0.15) is 5.52 Å². The van der Waals surface area contributed by atoms with Gasteiger partial charge in [0, 0.05) is 24.3 Å². The van der Waals surface area contributed by atoms with E-state index < -0.39 is 0 Å². The van der Waals surface area contributed by atoms with Crippen molar-refractivity contribution in [2.75, 3.05) is 0 Å². The molecule has 4 rings (SSSR count). The first-order valence-corrected chi connectivity index (χ1v) is 8.32. The smallest absolute Gasteiger partial charge is 0.280 e. The minimum Gasteiger partial charge on any atom is -0.314 e. The summed E-state index contributed by atoms with van der Waals surface area (Å²) < 4.78 is 3.35. The van der Waals surface area contributed by atoms with Crippen molar-refractivity contribution in [2.45, 2.75) is 26.2 Å². The van der Waals surface area contributed by atoms with E-state index in [-0.39, 0.29) is 22.0 Å². The number of carbonyl (C=O) groups excluding carboxylic acids is 1. The highest BCUT2D eigenvalue weighted by Crippen LogP contribution is 2.27. The summed E-state index contributed by atoms with van der Waals surface area (Å²) in [6, 6.07) is 3.50. The van der Waals surface area contributed by atoms with E-state index in [9.17, 15) is 9.59 Å². The molecule has 3 heterocycles. The van der Waals surface area contributed by atoms with E-state index in [1.165, 1.54) is 28.1 Å². The fourth-order valence-electron chi connectivity index (χ4n) is 3.50. The largest absolute Gasteiger partial charge is 0.314 e. The van der Waals surface area contributed by atoms with Crippen LogP contribution in [0.2, 0.25) is 5.02 Å². The summed E-state index contributed by atoms with van der Waals surface area (Å²) in [5.41, 5.74) is 3.07. The number of nitrogens with zero attached hydrogens (tertiary/aromatic N) is 3. The van der Waals surface area contributed by atoms with Gasteiger partial charge in [-0.1, -0.05) is 18.5 Å². The first-order valence-electron chi connectivity index (χ1n) is 7.94. The maximum absolute atomic E-state index is 13.0. The van der Waals surface area contributed by atoms with Crippen LogP contribution in [-0.4, -0.2) is 20.2 Å². The lowest BCUT2D eigenvalue weighted by Gasteiger charge is -2.18. The van der Waals surface area contributed by atoms with Crippen LogP contribution in [0.25, 0.3) is 11.3 Å². The summed E-state index contributed by atoms with van der Waals surface area (Å²) in [4.78, 5) is 28.5. The van der Waals surface area contributed by atoms with Gasteiger partial charge in [0.05, 0.1) is 10.6 Å². The van der Waals surface area contributed by atoms with Gasteiger partial charge in [0.2, 0.25) is 0 Å². The number of carbonyl (C=O) groups is 1. The lowest BCUT2D eigenvalue weighted by atomic mass is 9.89. The Morgan fingerprint density at radius 1 is 1.38 bits per heavy atom. The second kappa shape index (κ2) is 5.60. The van der Waals surface area contributed by atoms with Gasteiger partial charge in [-0.25, -0.2) is 4.98 Å². The van der Waals surface area contributed by atoms with Crippen molar-refractivity contribution < 1.29 is 4.79 Å². The molecule has 5 nitrogen and oxygen atoms in total. The lowest BCUT2D eigenvalue weighted by Crippen LogP contribution is -2.22. The highest BCUT2D eigenvalue weighted by atomic mass is 35.5. The molecule has 0 bridgehead atoms. The van der Waals surface area contributed by atoms with Gasteiger partial charge in [0.25, 0.3) is 5.56 Å². The average Bonchev–Trinajstić information content (AvgIpc) is 2.93. The number of fused-ring (bicyclic) bond motifs is 3. The van der Waals surface area contributed by atoms with E-state index in [1.807, 2.05) is 16.7 Å². The topological polar surface area (TPSA) is 56.4 Å². The van der Waals surface area contributed by atoms with Crippen LogP contribution >= 0.6 is 11.6 Å². The van der Waals surface area contributed by atoms with Crippen LogP contribution in [0.4, 0.5) is 0 Å². The molecule has 3 aromatic rings. The highest BCUT2D eigenvalue weighted by molar-refractivity contribution is 6.33. The third kappa shape index (κ3) is 2.19. The molecule has 6 heteroatoms. The first kappa shape index (κ1) is 15.1. The molecule has 0 saturated heterocycles. The first-order chi connectivity index (χ1) is 11.6. The number of aromatic nitrogens is 3. The quantitative estimate of drug-likeness (QED) is 0.673. The molecule has 0 aliphatic heterocycles. The van der Waals surface area contributed by atoms with Crippen LogP contribution in [0.3, 0.4) is 0 Å². The molecule has 0 N–H and O–H groups in total. The predicted molar refractivity (Wildman–Crippen MR) is 92.4 cm³/mol. The van der Waals surface area contributed by atoms with E-state index in [1.54, 1.807) is 6.20 Å². The molecule has 1 aliphatic rings. The van der Waals surface area contributed by atoms with Gasteiger partial charge in [-0.2, -0.15) is 0 Å². The molecule has 0 radical (unpaired) electrons. The van der Waals surface area contributed by atoms with E-state index in [4.69, 9.17) is 11.6 Å². The van der Waals surface area contributed by atoms with Crippen LogP contribution < -0.4 is 5.56 Å². The summed E-state index contributed by atoms with van der Waals surface area (Å²) in [5, 5.41) is 0.283. The van der Waals surface area contributed by atoms with Crippen molar-refractivity contribution in [1.82, 2.24) is 14.0 Å². The zero-order valence-corrected chi connectivity index (χ0v) is 14.0. The average molecular weight is 342 g/mol. The molecule has 0 saturated carbocycles. The molecule has 1 atom stereocenters. The Kier molecular flexibility index (Phi) is 3.53. The summed E-state index contributed by atoms with van der Waals surface area (Å²) in [6.45, 7) is 2.23. The van der Waals surface area contributed by atoms with E-state index in [0.717, 1.165) is 19.3 Å². The number of aldehydes is 1. The third-order valence-electron chi connectivity index (χ3n) is 4.74. The number of rotatable bonds is 2. The zero-order valence-electron chi connectivity index (χ0n) is 13.2. The minimum atomic E-state index is -0.197. The second-order valence-corrected chi connectivity index (χ2v) is 6.75. The molecule has 122 valence electrons. The number of hydrogen-bond donors (Lipinski definition) is 0. The number of halogens is 1. The van der Waals surface area contributed by atoms with Crippen LogP contribution in [0.15, 0.2) is 35.5 Å². The van der Waals surface area contributed by atoms with Gasteiger partial charge >= 0.3 is 0 Å². The van der Waals surface area contributed by atoms with Crippen molar-refractivity contribution in [3.63, 3.8) is 0 Å². The monoisotopic (exact) mass is 341 g/mol. The fourth-order valence-corrected chi connectivity index (χ4v) is 3.69. The maximum atomic E-state index is 13.0. The molecule has 0 spiro atoms. The Hall–Kier alpha value is -2.40. The molecular weight excluding hydrogens is 326 g/mol. The molecule has 0 fully saturated rings. The minimum absolute atomic E-state index is 0.197. The Bertz CT molecular complexity index is 1020. The van der Waals surface area contributed by atoms with E-state index in [2.05, 4.69) is 11.9 Å². The number of aryl methyl sites for hydroxylation is 1. The van der Waals surface area contributed by atoms with Crippen LogP contribution in [-0.2, 0) is 12.8 Å². The molecule has 3 aromatic heterocycles. The SMILES string of the molecule is CC1CCc2c(cc3c(=O)n(-c4nccc(Cl)c4C=O)ccn23)C1. The summed E-state index contributed by atoms with van der Waals surface area (Å²) in [6.07, 6.45) is 8.74. The Balaban J connectivity index is 1.97. The predicted octanol–water partition coefficient (Wildman–Crippen LogP) is 3.08. The molecule has 1 unspecified atom stereocenters. The van der Waals surface area contributed by atoms with Gasteiger partial charge in [-0.05, 0) is 42.9 Å². The number of pyridine rings is 1. The Labute approximate surface area is 143 Å². The summed E-state index contributed by atoms with van der Waals surface area (Å²) >= 11 is 6.06. The normalized spacial score (nSPS) is 17.0. The van der Waals surface area contributed by atoms with Crippen LogP contribution in [0.5, 0.6) is 0 Å². The van der Waals surface area contributed by atoms with Gasteiger partial charge in [0.15, 0.2) is 12.1 Å². The maximum Gasteiger partial charge on any atom is 0.280 e. The van der Waals surface area contributed by atoms with Gasteiger partial charge in [-0.3, -0.25) is 14.2 Å². The molecule has 0 amide bonds. The summed E-state index contributed by atoms with van der Waals surface area (Å²) in [7, 11) is 0. The highest BCUT2D eigenvalue weighted by Gasteiger charge is 2.21. The summed E-state index contributed by atoms with van der Waals surface area (Å²) in [5.74, 6) is 0.894.